The summed E-state index contributed by atoms with van der Waals surface area (Å²) in [5, 5.41) is 0. The number of hydrogen-bond acceptors (Lipinski definition) is 2. The molecule has 0 radical (unpaired) electrons. The van der Waals surface area contributed by atoms with Gasteiger partial charge in [0.25, 0.3) is 5.91 Å². The van der Waals surface area contributed by atoms with E-state index < -0.39 is 0 Å². The number of halogens is 1. The second kappa shape index (κ2) is 5.45. The van der Waals surface area contributed by atoms with E-state index in [-0.39, 0.29) is 11.7 Å². The van der Waals surface area contributed by atoms with Crippen LogP contribution in [0.15, 0.2) is 46.9 Å². The maximum atomic E-state index is 12.6. The molecule has 0 bridgehead atoms. The Balaban J connectivity index is 1.92. The van der Waals surface area contributed by atoms with Crippen molar-refractivity contribution in [3.05, 3.63) is 63.6 Å². The molecule has 0 N–H and O–H groups in total. The predicted octanol–water partition coefficient (Wildman–Crippen LogP) is 3.85. The summed E-state index contributed by atoms with van der Waals surface area (Å²) in [5.41, 5.74) is 3.34. The highest BCUT2D eigenvalue weighted by atomic mass is 79.9. The lowest BCUT2D eigenvalue weighted by molar-refractivity contribution is 0.0987. The summed E-state index contributed by atoms with van der Waals surface area (Å²) in [4.78, 5) is 25.8. The van der Waals surface area contributed by atoms with Crippen LogP contribution >= 0.6 is 15.9 Å². The van der Waals surface area contributed by atoms with Gasteiger partial charge in [-0.1, -0.05) is 15.9 Å². The standard InChI is InChI=1S/C17H14BrNO2/c1-11(20)13-4-7-16-14(10-13)8-9-19(16)17(21)12-2-5-15(18)6-3-12/h2-7,10H,8-9H2,1H3. The molecule has 0 saturated heterocycles. The zero-order chi connectivity index (χ0) is 15.0. The minimum Gasteiger partial charge on any atom is -0.308 e. The molecule has 0 spiro atoms. The van der Waals surface area contributed by atoms with Gasteiger partial charge in [-0.2, -0.15) is 0 Å². The number of carbonyl (C=O) groups is 2. The molecular formula is C17H14BrNO2. The Labute approximate surface area is 131 Å². The van der Waals surface area contributed by atoms with Gasteiger partial charge in [0.1, 0.15) is 0 Å². The number of hydrogen-bond donors (Lipinski definition) is 0. The third-order valence-electron chi connectivity index (χ3n) is 3.72. The van der Waals surface area contributed by atoms with Crippen LogP contribution in [0.5, 0.6) is 0 Å². The Hall–Kier alpha value is -1.94. The molecule has 106 valence electrons. The Morgan fingerprint density at radius 3 is 2.38 bits per heavy atom. The van der Waals surface area contributed by atoms with Crippen LogP contribution in [-0.4, -0.2) is 18.2 Å². The second-order valence-electron chi connectivity index (χ2n) is 5.11. The molecule has 1 aliphatic heterocycles. The fourth-order valence-corrected chi connectivity index (χ4v) is 2.84. The minimum absolute atomic E-state index is 0.00294. The highest BCUT2D eigenvalue weighted by Gasteiger charge is 2.25. The van der Waals surface area contributed by atoms with Crippen LogP contribution in [0, 0.1) is 0 Å². The summed E-state index contributed by atoms with van der Waals surface area (Å²) < 4.78 is 0.951. The van der Waals surface area contributed by atoms with Crippen molar-refractivity contribution in [3.8, 4) is 0 Å². The summed E-state index contributed by atoms with van der Waals surface area (Å²) in [5.74, 6) is 0.0484. The minimum atomic E-state index is -0.00294. The number of Topliss-reactive ketones (excluding diaryl/α,β-unsaturated/α-hetero) is 1. The normalized spacial score (nSPS) is 13.1. The maximum absolute atomic E-state index is 12.6. The molecule has 2 aromatic carbocycles. The first-order valence-electron chi connectivity index (χ1n) is 6.77. The lowest BCUT2D eigenvalue weighted by atomic mass is 10.1. The van der Waals surface area contributed by atoms with Crippen molar-refractivity contribution >= 4 is 33.3 Å². The molecule has 1 heterocycles. The van der Waals surface area contributed by atoms with Crippen molar-refractivity contribution in [3.63, 3.8) is 0 Å². The van der Waals surface area contributed by atoms with Crippen molar-refractivity contribution in [2.24, 2.45) is 0 Å². The number of amides is 1. The van der Waals surface area contributed by atoms with E-state index in [1.54, 1.807) is 17.9 Å². The van der Waals surface area contributed by atoms with Crippen LogP contribution in [0.2, 0.25) is 0 Å². The molecule has 0 aliphatic carbocycles. The van der Waals surface area contributed by atoms with Crippen molar-refractivity contribution in [1.29, 1.82) is 0 Å². The van der Waals surface area contributed by atoms with Crippen molar-refractivity contribution in [2.45, 2.75) is 13.3 Å². The third-order valence-corrected chi connectivity index (χ3v) is 4.25. The van der Waals surface area contributed by atoms with Gasteiger partial charge in [-0.15, -0.1) is 0 Å². The van der Waals surface area contributed by atoms with E-state index >= 15 is 0 Å². The van der Waals surface area contributed by atoms with E-state index in [1.165, 1.54) is 0 Å². The van der Waals surface area contributed by atoms with Crippen LogP contribution in [0.3, 0.4) is 0 Å². The topological polar surface area (TPSA) is 37.4 Å². The van der Waals surface area contributed by atoms with Crippen LogP contribution in [0.4, 0.5) is 5.69 Å². The molecule has 1 amide bonds. The number of rotatable bonds is 2. The smallest absolute Gasteiger partial charge is 0.258 e. The molecule has 0 saturated carbocycles. The molecule has 0 atom stereocenters. The zero-order valence-corrected chi connectivity index (χ0v) is 13.2. The number of nitrogens with zero attached hydrogens (tertiary/aromatic N) is 1. The summed E-state index contributed by atoms with van der Waals surface area (Å²) in [6, 6.07) is 12.9. The van der Waals surface area contributed by atoms with Crippen molar-refractivity contribution < 1.29 is 9.59 Å². The zero-order valence-electron chi connectivity index (χ0n) is 11.6. The maximum Gasteiger partial charge on any atom is 0.258 e. The number of fused-ring (bicyclic) bond motifs is 1. The summed E-state index contributed by atoms with van der Waals surface area (Å²) in [7, 11) is 0. The van der Waals surface area contributed by atoms with E-state index in [4.69, 9.17) is 0 Å². The number of anilines is 1. The Morgan fingerprint density at radius 1 is 1.05 bits per heavy atom. The third kappa shape index (κ3) is 2.63. The average molecular weight is 344 g/mol. The van der Waals surface area contributed by atoms with Gasteiger partial charge in [0.15, 0.2) is 5.78 Å². The Morgan fingerprint density at radius 2 is 1.71 bits per heavy atom. The molecule has 3 rings (SSSR count). The number of carbonyl (C=O) groups excluding carboxylic acids is 2. The fraction of sp³-hybridized carbons (Fsp3) is 0.176. The molecule has 3 nitrogen and oxygen atoms in total. The monoisotopic (exact) mass is 343 g/mol. The first-order chi connectivity index (χ1) is 10.1. The first-order valence-corrected chi connectivity index (χ1v) is 7.57. The quantitative estimate of drug-likeness (QED) is 0.776. The summed E-state index contributed by atoms with van der Waals surface area (Å²) in [6.45, 7) is 2.22. The van der Waals surface area contributed by atoms with E-state index in [1.807, 2.05) is 36.4 Å². The highest BCUT2D eigenvalue weighted by molar-refractivity contribution is 9.10. The van der Waals surface area contributed by atoms with E-state index in [2.05, 4.69) is 15.9 Å². The van der Waals surface area contributed by atoms with E-state index in [0.29, 0.717) is 17.7 Å². The largest absolute Gasteiger partial charge is 0.308 e. The second-order valence-corrected chi connectivity index (χ2v) is 6.03. The Kier molecular flexibility index (Phi) is 3.64. The molecule has 0 fully saturated rings. The first kappa shape index (κ1) is 14.0. The molecule has 4 heteroatoms. The van der Waals surface area contributed by atoms with Gasteiger partial charge in [-0.05, 0) is 61.4 Å². The predicted molar refractivity (Wildman–Crippen MR) is 86.0 cm³/mol. The van der Waals surface area contributed by atoms with Gasteiger partial charge in [-0.3, -0.25) is 9.59 Å². The van der Waals surface area contributed by atoms with Gasteiger partial charge >= 0.3 is 0 Å². The van der Waals surface area contributed by atoms with Gasteiger partial charge in [0, 0.05) is 27.8 Å². The van der Waals surface area contributed by atoms with Gasteiger partial charge < -0.3 is 4.90 Å². The molecule has 0 aromatic heterocycles. The van der Waals surface area contributed by atoms with Crippen LogP contribution in [0.25, 0.3) is 0 Å². The summed E-state index contributed by atoms with van der Waals surface area (Å²) >= 11 is 3.37. The average Bonchev–Trinajstić information content (AvgIpc) is 2.90. The molecule has 2 aromatic rings. The SMILES string of the molecule is CC(=O)c1ccc2c(c1)CCN2C(=O)c1ccc(Br)cc1. The lowest BCUT2D eigenvalue weighted by Gasteiger charge is -2.17. The summed E-state index contributed by atoms with van der Waals surface area (Å²) in [6.07, 6.45) is 0.790. The van der Waals surface area contributed by atoms with Crippen molar-refractivity contribution in [1.82, 2.24) is 0 Å². The molecule has 21 heavy (non-hydrogen) atoms. The number of ketones is 1. The molecular weight excluding hydrogens is 330 g/mol. The van der Waals surface area contributed by atoms with Gasteiger partial charge in [0.05, 0.1) is 0 Å². The van der Waals surface area contributed by atoms with Crippen LogP contribution in [0.1, 0.15) is 33.2 Å². The van der Waals surface area contributed by atoms with E-state index in [9.17, 15) is 9.59 Å². The van der Waals surface area contributed by atoms with E-state index in [0.717, 1.165) is 22.1 Å². The fourth-order valence-electron chi connectivity index (χ4n) is 2.58. The number of benzene rings is 2. The highest BCUT2D eigenvalue weighted by Crippen LogP contribution is 2.30. The van der Waals surface area contributed by atoms with Gasteiger partial charge in [0.2, 0.25) is 0 Å². The Bertz CT molecular complexity index is 722. The van der Waals surface area contributed by atoms with Crippen LogP contribution in [-0.2, 0) is 6.42 Å². The lowest BCUT2D eigenvalue weighted by Crippen LogP contribution is -2.28. The van der Waals surface area contributed by atoms with Crippen molar-refractivity contribution in [2.75, 3.05) is 11.4 Å². The van der Waals surface area contributed by atoms with Crippen LogP contribution < -0.4 is 4.90 Å². The molecule has 0 unspecified atom stereocenters. The van der Waals surface area contributed by atoms with Gasteiger partial charge in [-0.25, -0.2) is 0 Å². The molecule has 1 aliphatic rings.